The van der Waals surface area contributed by atoms with Crippen molar-refractivity contribution in [3.8, 4) is 0 Å². The van der Waals surface area contributed by atoms with Crippen molar-refractivity contribution in [2.75, 3.05) is 13.2 Å². The van der Waals surface area contributed by atoms with Crippen molar-refractivity contribution in [2.24, 2.45) is 5.92 Å². The van der Waals surface area contributed by atoms with E-state index in [0.717, 1.165) is 25.5 Å². The maximum absolute atomic E-state index is 5.53. The molecule has 1 aromatic heterocycles. The zero-order valence-electron chi connectivity index (χ0n) is 9.82. The summed E-state index contributed by atoms with van der Waals surface area (Å²) in [5.41, 5.74) is 0. The van der Waals surface area contributed by atoms with Gasteiger partial charge in [-0.3, -0.25) is 0 Å². The van der Waals surface area contributed by atoms with E-state index >= 15 is 0 Å². The molecule has 3 nitrogen and oxygen atoms in total. The highest BCUT2D eigenvalue weighted by Gasteiger charge is 2.03. The van der Waals surface area contributed by atoms with E-state index in [1.165, 1.54) is 0 Å². The fraction of sp³-hybridized carbons (Fsp3) is 0.667. The summed E-state index contributed by atoms with van der Waals surface area (Å²) in [4.78, 5) is 0. The van der Waals surface area contributed by atoms with Gasteiger partial charge < -0.3 is 14.5 Å². The Morgan fingerprint density at radius 3 is 2.73 bits per heavy atom. The van der Waals surface area contributed by atoms with Gasteiger partial charge in [0.2, 0.25) is 0 Å². The molecule has 1 atom stereocenters. The Kier molecular flexibility index (Phi) is 5.43. The van der Waals surface area contributed by atoms with Gasteiger partial charge in [0.25, 0.3) is 0 Å². The van der Waals surface area contributed by atoms with Gasteiger partial charge in [-0.25, -0.2) is 0 Å². The van der Waals surface area contributed by atoms with Crippen molar-refractivity contribution in [1.82, 2.24) is 5.32 Å². The summed E-state index contributed by atoms with van der Waals surface area (Å²) in [6.07, 6.45) is 1.69. The Balaban J connectivity index is 2.06. The van der Waals surface area contributed by atoms with Gasteiger partial charge in [0.05, 0.1) is 19.4 Å². The van der Waals surface area contributed by atoms with Gasteiger partial charge in [-0.1, -0.05) is 13.8 Å². The molecule has 1 unspecified atom stereocenters. The number of rotatable bonds is 7. The summed E-state index contributed by atoms with van der Waals surface area (Å²) in [7, 11) is 0. The van der Waals surface area contributed by atoms with Crippen molar-refractivity contribution in [3.05, 3.63) is 24.2 Å². The molecule has 0 aliphatic rings. The van der Waals surface area contributed by atoms with Crippen molar-refractivity contribution < 1.29 is 9.15 Å². The normalized spacial score (nSPS) is 13.3. The largest absolute Gasteiger partial charge is 0.468 e. The van der Waals surface area contributed by atoms with E-state index < -0.39 is 0 Å². The monoisotopic (exact) mass is 211 g/mol. The van der Waals surface area contributed by atoms with Crippen LogP contribution in [0.5, 0.6) is 0 Å². The zero-order valence-corrected chi connectivity index (χ0v) is 9.82. The van der Waals surface area contributed by atoms with E-state index in [0.29, 0.717) is 12.0 Å². The molecule has 1 N–H and O–H groups in total. The van der Waals surface area contributed by atoms with Crippen LogP contribution >= 0.6 is 0 Å². The van der Waals surface area contributed by atoms with Gasteiger partial charge in [0.15, 0.2) is 0 Å². The Morgan fingerprint density at radius 1 is 1.33 bits per heavy atom. The van der Waals surface area contributed by atoms with E-state index in [9.17, 15) is 0 Å². The van der Waals surface area contributed by atoms with Crippen molar-refractivity contribution in [3.63, 3.8) is 0 Å². The maximum atomic E-state index is 5.53. The van der Waals surface area contributed by atoms with Gasteiger partial charge in [0, 0.05) is 12.6 Å². The molecular formula is C12H21NO2. The van der Waals surface area contributed by atoms with E-state index in [4.69, 9.17) is 9.15 Å². The van der Waals surface area contributed by atoms with Crippen LogP contribution in [0, 0.1) is 5.92 Å². The predicted molar refractivity (Wildman–Crippen MR) is 60.7 cm³/mol. The third-order valence-corrected chi connectivity index (χ3v) is 2.02. The molecule has 0 aliphatic carbocycles. The Bertz CT molecular complexity index is 244. The Hall–Kier alpha value is -0.800. The number of hydrogen-bond acceptors (Lipinski definition) is 3. The minimum Gasteiger partial charge on any atom is -0.468 e. The molecule has 0 fully saturated rings. The highest BCUT2D eigenvalue weighted by atomic mass is 16.5. The summed E-state index contributed by atoms with van der Waals surface area (Å²) in [5.74, 6) is 1.56. The SMILES string of the molecule is CC(C)COCC(C)NCc1ccco1. The molecule has 0 radical (unpaired) electrons. The maximum Gasteiger partial charge on any atom is 0.117 e. The fourth-order valence-corrected chi connectivity index (χ4v) is 1.23. The molecule has 15 heavy (non-hydrogen) atoms. The topological polar surface area (TPSA) is 34.4 Å². The van der Waals surface area contributed by atoms with Crippen molar-refractivity contribution in [1.29, 1.82) is 0 Å². The molecule has 0 spiro atoms. The first-order valence-corrected chi connectivity index (χ1v) is 5.52. The number of nitrogens with one attached hydrogen (secondary N) is 1. The molecule has 86 valence electrons. The van der Waals surface area contributed by atoms with Gasteiger partial charge in [-0.15, -0.1) is 0 Å². The second kappa shape index (κ2) is 6.64. The molecule has 0 saturated heterocycles. The third-order valence-electron chi connectivity index (χ3n) is 2.02. The van der Waals surface area contributed by atoms with E-state index in [2.05, 4.69) is 26.1 Å². The van der Waals surface area contributed by atoms with Crippen LogP contribution in [0.4, 0.5) is 0 Å². The molecule has 1 heterocycles. The summed E-state index contributed by atoms with van der Waals surface area (Å²) >= 11 is 0. The predicted octanol–water partition coefficient (Wildman–Crippen LogP) is 2.43. The molecule has 0 aliphatic heterocycles. The standard InChI is InChI=1S/C12H21NO2/c1-10(2)8-14-9-11(3)13-7-12-5-4-6-15-12/h4-6,10-11,13H,7-9H2,1-3H3. The van der Waals surface area contributed by atoms with Gasteiger partial charge in [-0.2, -0.15) is 0 Å². The summed E-state index contributed by atoms with van der Waals surface area (Å²) < 4.78 is 10.8. The number of furan rings is 1. The number of ether oxygens (including phenoxy) is 1. The first-order chi connectivity index (χ1) is 7.18. The first-order valence-electron chi connectivity index (χ1n) is 5.52. The van der Waals surface area contributed by atoms with Crippen molar-refractivity contribution in [2.45, 2.75) is 33.4 Å². The average molecular weight is 211 g/mol. The molecule has 0 saturated carbocycles. The second-order valence-electron chi connectivity index (χ2n) is 4.29. The van der Waals surface area contributed by atoms with Crippen LogP contribution in [0.1, 0.15) is 26.5 Å². The highest BCUT2D eigenvalue weighted by molar-refractivity contribution is 4.97. The van der Waals surface area contributed by atoms with Crippen LogP contribution in [-0.2, 0) is 11.3 Å². The smallest absolute Gasteiger partial charge is 0.117 e. The molecule has 1 rings (SSSR count). The van der Waals surface area contributed by atoms with E-state index in [-0.39, 0.29) is 0 Å². The Morgan fingerprint density at radius 2 is 2.13 bits per heavy atom. The molecule has 0 amide bonds. The van der Waals surface area contributed by atoms with Crippen LogP contribution in [0.25, 0.3) is 0 Å². The van der Waals surface area contributed by atoms with Gasteiger partial charge >= 0.3 is 0 Å². The van der Waals surface area contributed by atoms with E-state index in [1.807, 2.05) is 12.1 Å². The second-order valence-corrected chi connectivity index (χ2v) is 4.29. The third kappa shape index (κ3) is 5.60. The average Bonchev–Trinajstić information content (AvgIpc) is 2.66. The summed E-state index contributed by atoms with van der Waals surface area (Å²) in [6.45, 7) is 8.76. The summed E-state index contributed by atoms with van der Waals surface area (Å²) in [5, 5.41) is 3.34. The minimum absolute atomic E-state index is 0.355. The molecule has 0 bridgehead atoms. The van der Waals surface area contributed by atoms with Crippen LogP contribution < -0.4 is 5.32 Å². The number of hydrogen-bond donors (Lipinski definition) is 1. The Labute approximate surface area is 91.8 Å². The lowest BCUT2D eigenvalue weighted by atomic mass is 10.2. The van der Waals surface area contributed by atoms with Crippen molar-refractivity contribution >= 4 is 0 Å². The molecular weight excluding hydrogens is 190 g/mol. The van der Waals surface area contributed by atoms with Crippen LogP contribution in [0.2, 0.25) is 0 Å². The lowest BCUT2D eigenvalue weighted by molar-refractivity contribution is 0.0931. The molecule has 3 heteroatoms. The van der Waals surface area contributed by atoms with Gasteiger partial charge in [-0.05, 0) is 25.0 Å². The van der Waals surface area contributed by atoms with Crippen LogP contribution in [-0.4, -0.2) is 19.3 Å². The molecule has 0 aromatic carbocycles. The first kappa shape index (κ1) is 12.3. The van der Waals surface area contributed by atoms with E-state index in [1.54, 1.807) is 6.26 Å². The minimum atomic E-state index is 0.355. The lowest BCUT2D eigenvalue weighted by Gasteiger charge is -2.14. The van der Waals surface area contributed by atoms with Crippen LogP contribution in [0.3, 0.4) is 0 Å². The molecule has 1 aromatic rings. The lowest BCUT2D eigenvalue weighted by Crippen LogP contribution is -2.30. The zero-order chi connectivity index (χ0) is 11.1. The van der Waals surface area contributed by atoms with Gasteiger partial charge in [0.1, 0.15) is 5.76 Å². The summed E-state index contributed by atoms with van der Waals surface area (Å²) in [6, 6.07) is 4.22. The quantitative estimate of drug-likeness (QED) is 0.752. The fourth-order valence-electron chi connectivity index (χ4n) is 1.23. The highest BCUT2D eigenvalue weighted by Crippen LogP contribution is 2.00. The van der Waals surface area contributed by atoms with Crippen LogP contribution in [0.15, 0.2) is 22.8 Å².